The number of carbonyl (C=O) groups is 3. The molecule has 3 amide bonds. The number of amides is 3. The molecule has 0 unspecified atom stereocenters. The highest BCUT2D eigenvalue weighted by Gasteiger charge is 2.44. The molecule has 2 fully saturated rings. The quantitative estimate of drug-likeness (QED) is 0.826. The maximum atomic E-state index is 12.7. The number of carbonyl (C=O) groups excluding carboxylic acids is 3. The fourth-order valence-corrected chi connectivity index (χ4v) is 3.80. The zero-order valence-corrected chi connectivity index (χ0v) is 13.2. The third kappa shape index (κ3) is 2.13. The van der Waals surface area contributed by atoms with Gasteiger partial charge in [0.2, 0.25) is 5.91 Å². The van der Waals surface area contributed by atoms with E-state index < -0.39 is 0 Å². The number of likely N-dealkylation sites (tertiary alicyclic amines) is 1. The van der Waals surface area contributed by atoms with E-state index in [-0.39, 0.29) is 28.8 Å². The molecule has 2 aromatic heterocycles. The van der Waals surface area contributed by atoms with Crippen molar-refractivity contribution in [1.29, 1.82) is 0 Å². The number of fused-ring (bicyclic) bond motifs is 1. The summed E-state index contributed by atoms with van der Waals surface area (Å²) >= 11 is 1.02. The largest absolute Gasteiger partial charge is 0.333 e. The minimum absolute atomic E-state index is 0.121. The predicted molar refractivity (Wildman–Crippen MR) is 84.3 cm³/mol. The second-order valence-corrected chi connectivity index (χ2v) is 6.58. The summed E-state index contributed by atoms with van der Waals surface area (Å²) in [6, 6.07) is 5.37. The van der Waals surface area contributed by atoms with Gasteiger partial charge in [-0.05, 0) is 19.1 Å². The van der Waals surface area contributed by atoms with Crippen molar-refractivity contribution >= 4 is 34.5 Å². The van der Waals surface area contributed by atoms with Crippen LogP contribution in [0.3, 0.4) is 0 Å². The summed E-state index contributed by atoms with van der Waals surface area (Å²) in [5, 5.41) is -0.210. The minimum Gasteiger partial charge on any atom is -0.333 e. The monoisotopic (exact) mass is 330 g/mol. The Morgan fingerprint density at radius 1 is 1.30 bits per heavy atom. The normalized spacial score (nSPS) is 18.8. The second kappa shape index (κ2) is 5.09. The molecule has 0 radical (unpaired) electrons. The van der Waals surface area contributed by atoms with Gasteiger partial charge < -0.3 is 4.90 Å². The number of imide groups is 1. The summed E-state index contributed by atoms with van der Waals surface area (Å²) in [7, 11) is 0. The van der Waals surface area contributed by atoms with E-state index in [1.165, 1.54) is 4.90 Å². The van der Waals surface area contributed by atoms with Crippen LogP contribution in [0.15, 0.2) is 24.4 Å². The summed E-state index contributed by atoms with van der Waals surface area (Å²) in [6.07, 6.45) is 1.81. The first-order valence-electron chi connectivity index (χ1n) is 7.28. The van der Waals surface area contributed by atoms with Crippen molar-refractivity contribution in [3.05, 3.63) is 35.8 Å². The van der Waals surface area contributed by atoms with E-state index in [4.69, 9.17) is 0 Å². The van der Waals surface area contributed by atoms with E-state index in [0.29, 0.717) is 24.5 Å². The second-order valence-electron chi connectivity index (χ2n) is 5.66. The first-order chi connectivity index (χ1) is 11.1. The van der Waals surface area contributed by atoms with Crippen LogP contribution in [0.25, 0.3) is 5.65 Å². The van der Waals surface area contributed by atoms with E-state index in [9.17, 15) is 14.4 Å². The number of hydrogen-bond donors (Lipinski definition) is 0. The molecule has 0 saturated carbocycles. The van der Waals surface area contributed by atoms with Gasteiger partial charge in [-0.3, -0.25) is 23.7 Å². The Morgan fingerprint density at radius 3 is 2.78 bits per heavy atom. The molecule has 23 heavy (non-hydrogen) atoms. The maximum Gasteiger partial charge on any atom is 0.289 e. The highest BCUT2D eigenvalue weighted by molar-refractivity contribution is 8.14. The summed E-state index contributed by atoms with van der Waals surface area (Å²) in [6.45, 7) is 2.58. The fraction of sp³-hybridized carbons (Fsp3) is 0.333. The Balaban J connectivity index is 1.54. The van der Waals surface area contributed by atoms with Crippen LogP contribution in [0.2, 0.25) is 0 Å². The van der Waals surface area contributed by atoms with Crippen LogP contribution in [-0.4, -0.2) is 61.1 Å². The Hall–Kier alpha value is -2.35. The molecule has 2 aliphatic rings. The molecule has 2 aromatic rings. The first-order valence-corrected chi connectivity index (χ1v) is 8.26. The molecular formula is C15H14N4O3S. The zero-order chi connectivity index (χ0) is 16.1. The van der Waals surface area contributed by atoms with Gasteiger partial charge in [0, 0.05) is 19.3 Å². The van der Waals surface area contributed by atoms with Gasteiger partial charge in [0.05, 0.1) is 17.5 Å². The topological polar surface area (TPSA) is 75.0 Å². The Bertz CT molecular complexity index is 824. The van der Waals surface area contributed by atoms with Crippen molar-refractivity contribution in [3.63, 3.8) is 0 Å². The van der Waals surface area contributed by atoms with E-state index in [1.54, 1.807) is 9.30 Å². The van der Waals surface area contributed by atoms with Crippen LogP contribution in [-0.2, 0) is 4.79 Å². The number of hydrogen-bond acceptors (Lipinski definition) is 5. The molecule has 0 N–H and O–H groups in total. The van der Waals surface area contributed by atoms with Crippen LogP contribution >= 0.6 is 11.8 Å². The van der Waals surface area contributed by atoms with Crippen molar-refractivity contribution in [2.75, 3.05) is 18.8 Å². The molecule has 0 aromatic carbocycles. The van der Waals surface area contributed by atoms with Crippen molar-refractivity contribution < 1.29 is 14.4 Å². The molecule has 0 bridgehead atoms. The average molecular weight is 330 g/mol. The van der Waals surface area contributed by atoms with Crippen molar-refractivity contribution in [2.24, 2.45) is 0 Å². The average Bonchev–Trinajstić information content (AvgIpc) is 2.98. The first kappa shape index (κ1) is 14.3. The number of aryl methyl sites for hydroxylation is 1. The van der Waals surface area contributed by atoms with Crippen molar-refractivity contribution in [2.45, 2.75) is 13.0 Å². The number of thioether (sulfide) groups is 1. The van der Waals surface area contributed by atoms with Gasteiger partial charge >= 0.3 is 0 Å². The highest BCUT2D eigenvalue weighted by atomic mass is 32.2. The number of aromatic nitrogens is 2. The summed E-state index contributed by atoms with van der Waals surface area (Å²) in [5.41, 5.74) is 1.94. The zero-order valence-electron chi connectivity index (χ0n) is 12.4. The summed E-state index contributed by atoms with van der Waals surface area (Å²) in [4.78, 5) is 43.5. The molecule has 0 atom stereocenters. The van der Waals surface area contributed by atoms with Crippen LogP contribution in [0.5, 0.6) is 0 Å². The third-order valence-electron chi connectivity index (χ3n) is 4.21. The Labute approximate surface area is 136 Å². The highest BCUT2D eigenvalue weighted by Crippen LogP contribution is 2.27. The molecule has 0 aliphatic carbocycles. The lowest BCUT2D eigenvalue weighted by Crippen LogP contribution is -2.62. The molecule has 8 heteroatoms. The molecular weight excluding hydrogens is 316 g/mol. The molecule has 4 rings (SSSR count). The van der Waals surface area contributed by atoms with Crippen LogP contribution in [0.1, 0.15) is 16.2 Å². The smallest absolute Gasteiger partial charge is 0.289 e. The SMILES string of the molecule is Cc1nc2ccccn2c1C(=O)N1CC(N2C(=O)CSC2=O)C1. The number of imidazole rings is 1. The summed E-state index contributed by atoms with van der Waals surface area (Å²) < 4.78 is 1.77. The van der Waals surface area contributed by atoms with Gasteiger partial charge in [0.15, 0.2) is 0 Å². The Morgan fingerprint density at radius 2 is 2.09 bits per heavy atom. The molecule has 2 aliphatic heterocycles. The van der Waals surface area contributed by atoms with E-state index in [0.717, 1.165) is 17.4 Å². The lowest BCUT2D eigenvalue weighted by atomic mass is 10.1. The maximum absolute atomic E-state index is 12.7. The van der Waals surface area contributed by atoms with Crippen LogP contribution < -0.4 is 0 Å². The lowest BCUT2D eigenvalue weighted by molar-refractivity contribution is -0.128. The number of pyridine rings is 1. The number of nitrogens with zero attached hydrogens (tertiary/aromatic N) is 4. The molecule has 118 valence electrons. The van der Waals surface area contributed by atoms with Gasteiger partial charge in [-0.25, -0.2) is 4.98 Å². The van der Waals surface area contributed by atoms with Gasteiger partial charge in [-0.1, -0.05) is 17.8 Å². The van der Waals surface area contributed by atoms with Crippen molar-refractivity contribution in [1.82, 2.24) is 19.2 Å². The standard InChI is InChI=1S/C15H14N4O3S/c1-9-13(18-5-3-2-4-11(18)16-9)14(21)17-6-10(7-17)19-12(20)8-23-15(19)22/h2-5,10H,6-8H2,1H3. The predicted octanol–water partition coefficient (Wildman–Crippen LogP) is 1.16. The number of rotatable bonds is 2. The molecule has 4 heterocycles. The molecule has 2 saturated heterocycles. The minimum atomic E-state index is -0.210. The molecule has 7 nitrogen and oxygen atoms in total. The van der Waals surface area contributed by atoms with Gasteiger partial charge in [-0.15, -0.1) is 0 Å². The van der Waals surface area contributed by atoms with E-state index >= 15 is 0 Å². The lowest BCUT2D eigenvalue weighted by Gasteiger charge is -2.42. The van der Waals surface area contributed by atoms with Crippen LogP contribution in [0.4, 0.5) is 4.79 Å². The third-order valence-corrected chi connectivity index (χ3v) is 5.04. The van der Waals surface area contributed by atoms with Gasteiger partial charge in [0.25, 0.3) is 11.1 Å². The van der Waals surface area contributed by atoms with Gasteiger partial charge in [-0.2, -0.15) is 0 Å². The fourth-order valence-electron chi connectivity index (χ4n) is 3.02. The van der Waals surface area contributed by atoms with Gasteiger partial charge in [0.1, 0.15) is 11.3 Å². The van der Waals surface area contributed by atoms with E-state index in [1.807, 2.05) is 31.3 Å². The molecule has 0 spiro atoms. The van der Waals surface area contributed by atoms with E-state index in [2.05, 4.69) is 4.98 Å². The van der Waals surface area contributed by atoms with Crippen molar-refractivity contribution in [3.8, 4) is 0 Å². The van der Waals surface area contributed by atoms with Crippen LogP contribution in [0, 0.1) is 6.92 Å². The summed E-state index contributed by atoms with van der Waals surface area (Å²) in [5.74, 6) is -0.0809. The Kier molecular flexibility index (Phi) is 3.15.